The molecule has 2 N–H and O–H groups in total. The lowest BCUT2D eigenvalue weighted by molar-refractivity contribution is -0.143. The Bertz CT molecular complexity index is 512. The fraction of sp³-hybridized carbons (Fsp3) is 0.714. The molecule has 1 rings (SSSR count). The lowest BCUT2D eigenvalue weighted by Crippen LogP contribution is -2.36. The molecule has 0 bridgehead atoms. The Labute approximate surface area is 127 Å². The molecule has 1 aromatic heterocycles. The second-order valence-corrected chi connectivity index (χ2v) is 5.28. The van der Waals surface area contributed by atoms with Gasteiger partial charge in [-0.1, -0.05) is 6.92 Å². The van der Waals surface area contributed by atoms with Crippen molar-refractivity contribution in [3.05, 3.63) is 17.0 Å². The molecule has 5 nitrogen and oxygen atoms in total. The van der Waals surface area contributed by atoms with Crippen LogP contribution >= 0.6 is 0 Å². The topological polar surface area (TPSA) is 67.2 Å². The summed E-state index contributed by atoms with van der Waals surface area (Å²) in [4.78, 5) is 12.0. The number of hydrogen-bond donors (Lipinski definition) is 2. The number of nitrogens with one attached hydrogen (secondary N) is 1. The van der Waals surface area contributed by atoms with E-state index in [1.54, 1.807) is 6.92 Å². The SMILES string of the molecule is CCC(CCO)NC(=O)Cc1c(C)nn(CC(F)(F)F)c1C. The van der Waals surface area contributed by atoms with E-state index in [0.717, 1.165) is 4.68 Å². The third-order valence-corrected chi connectivity index (χ3v) is 3.53. The van der Waals surface area contributed by atoms with Crippen LogP contribution in [0.15, 0.2) is 0 Å². The van der Waals surface area contributed by atoms with Crippen molar-refractivity contribution in [2.75, 3.05) is 6.61 Å². The van der Waals surface area contributed by atoms with Crippen LogP contribution in [0, 0.1) is 13.8 Å². The van der Waals surface area contributed by atoms with Gasteiger partial charge in [-0.05, 0) is 26.7 Å². The first-order valence-corrected chi connectivity index (χ1v) is 7.17. The van der Waals surface area contributed by atoms with Crippen LogP contribution in [0.25, 0.3) is 0 Å². The summed E-state index contributed by atoms with van der Waals surface area (Å²) in [6.07, 6.45) is -3.24. The van der Waals surface area contributed by atoms with Crippen molar-refractivity contribution in [3.8, 4) is 0 Å². The molecule has 0 aromatic carbocycles. The van der Waals surface area contributed by atoms with Gasteiger partial charge in [0.1, 0.15) is 6.54 Å². The van der Waals surface area contributed by atoms with Crippen molar-refractivity contribution in [3.63, 3.8) is 0 Å². The van der Waals surface area contributed by atoms with E-state index < -0.39 is 12.7 Å². The third-order valence-electron chi connectivity index (χ3n) is 3.53. The first-order chi connectivity index (χ1) is 10.2. The molecule has 1 amide bonds. The van der Waals surface area contributed by atoms with Crippen LogP contribution in [0.1, 0.15) is 36.7 Å². The molecule has 126 valence electrons. The van der Waals surface area contributed by atoms with E-state index in [1.165, 1.54) is 6.92 Å². The number of hydrogen-bond acceptors (Lipinski definition) is 3. The molecule has 1 heterocycles. The van der Waals surface area contributed by atoms with Gasteiger partial charge in [-0.3, -0.25) is 9.48 Å². The van der Waals surface area contributed by atoms with Gasteiger partial charge in [0.15, 0.2) is 0 Å². The summed E-state index contributed by atoms with van der Waals surface area (Å²) in [6.45, 7) is 3.81. The number of rotatable bonds is 7. The first kappa shape index (κ1) is 18.5. The second kappa shape index (κ2) is 7.62. The fourth-order valence-electron chi connectivity index (χ4n) is 2.29. The van der Waals surface area contributed by atoms with Crippen LogP contribution in [-0.2, 0) is 17.8 Å². The van der Waals surface area contributed by atoms with Crippen molar-refractivity contribution >= 4 is 5.91 Å². The molecular formula is C14H22F3N3O2. The van der Waals surface area contributed by atoms with E-state index in [1.807, 2.05) is 6.92 Å². The average Bonchev–Trinajstić information content (AvgIpc) is 2.64. The molecule has 0 saturated heterocycles. The highest BCUT2D eigenvalue weighted by atomic mass is 19.4. The standard InChI is InChI=1S/C14H22F3N3O2/c1-4-11(5-6-21)18-13(22)7-12-9(2)19-20(10(12)3)8-14(15,16)17/h11,21H,4-8H2,1-3H3,(H,18,22). The molecule has 0 spiro atoms. The highest BCUT2D eigenvalue weighted by Crippen LogP contribution is 2.21. The minimum Gasteiger partial charge on any atom is -0.396 e. The fourth-order valence-corrected chi connectivity index (χ4v) is 2.29. The lowest BCUT2D eigenvalue weighted by Gasteiger charge is -2.15. The predicted octanol–water partition coefficient (Wildman–Crippen LogP) is 1.88. The maximum atomic E-state index is 12.5. The van der Waals surface area contributed by atoms with Crippen LogP contribution in [0.2, 0.25) is 0 Å². The number of aromatic nitrogens is 2. The van der Waals surface area contributed by atoms with Crippen LogP contribution in [-0.4, -0.2) is 39.6 Å². The van der Waals surface area contributed by atoms with Gasteiger partial charge in [-0.2, -0.15) is 18.3 Å². The summed E-state index contributed by atoms with van der Waals surface area (Å²) in [5.74, 6) is -0.280. The smallest absolute Gasteiger partial charge is 0.396 e. The molecule has 1 aromatic rings. The summed E-state index contributed by atoms with van der Waals surface area (Å²) in [5.41, 5.74) is 1.29. The predicted molar refractivity (Wildman–Crippen MR) is 75.4 cm³/mol. The summed E-state index contributed by atoms with van der Waals surface area (Å²) in [7, 11) is 0. The van der Waals surface area contributed by atoms with Gasteiger partial charge in [-0.25, -0.2) is 0 Å². The molecule has 0 saturated carbocycles. The molecule has 1 unspecified atom stereocenters. The zero-order valence-corrected chi connectivity index (χ0v) is 13.0. The Morgan fingerprint density at radius 3 is 2.55 bits per heavy atom. The summed E-state index contributed by atoms with van der Waals surface area (Å²) in [5, 5.41) is 15.5. The largest absolute Gasteiger partial charge is 0.408 e. The van der Waals surface area contributed by atoms with E-state index in [4.69, 9.17) is 5.11 Å². The zero-order chi connectivity index (χ0) is 16.9. The van der Waals surface area contributed by atoms with Gasteiger partial charge >= 0.3 is 6.18 Å². The molecule has 0 radical (unpaired) electrons. The van der Waals surface area contributed by atoms with Gasteiger partial charge in [0, 0.05) is 23.9 Å². The van der Waals surface area contributed by atoms with Gasteiger partial charge < -0.3 is 10.4 Å². The van der Waals surface area contributed by atoms with E-state index in [2.05, 4.69) is 10.4 Å². The maximum Gasteiger partial charge on any atom is 0.408 e. The van der Waals surface area contributed by atoms with Gasteiger partial charge in [0.2, 0.25) is 5.91 Å². The van der Waals surface area contributed by atoms with E-state index in [-0.39, 0.29) is 25.0 Å². The van der Waals surface area contributed by atoms with Crippen molar-refractivity contribution in [1.82, 2.24) is 15.1 Å². The van der Waals surface area contributed by atoms with Crippen LogP contribution < -0.4 is 5.32 Å². The highest BCUT2D eigenvalue weighted by molar-refractivity contribution is 5.79. The number of aliphatic hydroxyl groups is 1. The summed E-state index contributed by atoms with van der Waals surface area (Å²) >= 11 is 0. The summed E-state index contributed by atoms with van der Waals surface area (Å²) < 4.78 is 38.3. The average molecular weight is 321 g/mol. The van der Waals surface area contributed by atoms with E-state index in [9.17, 15) is 18.0 Å². The van der Waals surface area contributed by atoms with Crippen LogP contribution in [0.5, 0.6) is 0 Å². The number of carbonyl (C=O) groups is 1. The molecule has 22 heavy (non-hydrogen) atoms. The van der Waals surface area contributed by atoms with E-state index >= 15 is 0 Å². The number of halogens is 3. The molecule has 0 aliphatic heterocycles. The number of carbonyl (C=O) groups excluding carboxylic acids is 1. The van der Waals surface area contributed by atoms with Gasteiger partial charge in [0.05, 0.1) is 12.1 Å². The van der Waals surface area contributed by atoms with Crippen molar-refractivity contribution in [1.29, 1.82) is 0 Å². The number of nitrogens with zero attached hydrogens (tertiary/aromatic N) is 2. The maximum absolute atomic E-state index is 12.5. The Balaban J connectivity index is 2.79. The Morgan fingerprint density at radius 1 is 1.41 bits per heavy atom. The Morgan fingerprint density at radius 2 is 2.05 bits per heavy atom. The van der Waals surface area contributed by atoms with E-state index in [0.29, 0.717) is 29.8 Å². The zero-order valence-electron chi connectivity index (χ0n) is 13.0. The molecule has 0 aliphatic rings. The van der Waals surface area contributed by atoms with Crippen molar-refractivity contribution < 1.29 is 23.1 Å². The third kappa shape index (κ3) is 5.32. The number of alkyl halides is 3. The number of aliphatic hydroxyl groups excluding tert-OH is 1. The Hall–Kier alpha value is -1.57. The van der Waals surface area contributed by atoms with Crippen LogP contribution in [0.3, 0.4) is 0 Å². The molecular weight excluding hydrogens is 299 g/mol. The number of aryl methyl sites for hydroxylation is 1. The lowest BCUT2D eigenvalue weighted by atomic mass is 10.1. The monoisotopic (exact) mass is 321 g/mol. The quantitative estimate of drug-likeness (QED) is 0.806. The Kier molecular flexibility index (Phi) is 6.40. The molecule has 0 aliphatic carbocycles. The molecule has 1 atom stereocenters. The molecule has 0 fully saturated rings. The minimum absolute atomic E-state index is 0.0164. The van der Waals surface area contributed by atoms with Gasteiger partial charge in [0.25, 0.3) is 0 Å². The van der Waals surface area contributed by atoms with Gasteiger partial charge in [-0.15, -0.1) is 0 Å². The normalized spacial score (nSPS) is 13.2. The first-order valence-electron chi connectivity index (χ1n) is 7.17. The number of amides is 1. The minimum atomic E-state index is -4.35. The highest BCUT2D eigenvalue weighted by Gasteiger charge is 2.30. The van der Waals surface area contributed by atoms with Crippen LogP contribution in [0.4, 0.5) is 13.2 Å². The van der Waals surface area contributed by atoms with Crippen molar-refractivity contribution in [2.24, 2.45) is 0 Å². The molecule has 8 heteroatoms. The second-order valence-electron chi connectivity index (χ2n) is 5.28. The summed E-state index contributed by atoms with van der Waals surface area (Å²) in [6, 6.07) is -0.136. The van der Waals surface area contributed by atoms with Crippen molar-refractivity contribution in [2.45, 2.75) is 58.8 Å².